The summed E-state index contributed by atoms with van der Waals surface area (Å²) in [6, 6.07) is 0. The van der Waals surface area contributed by atoms with Crippen LogP contribution in [0.25, 0.3) is 0 Å². The summed E-state index contributed by atoms with van der Waals surface area (Å²) in [6.07, 6.45) is 14.5. The summed E-state index contributed by atoms with van der Waals surface area (Å²) in [6.45, 7) is 5.98. The smallest absolute Gasteiger partial charge is 0.236 e. The molecular formula is C20H33NO2. The van der Waals surface area contributed by atoms with Crippen LogP contribution < -0.4 is 0 Å². The van der Waals surface area contributed by atoms with Crippen LogP contribution in [0.15, 0.2) is 12.8 Å². The minimum Gasteiger partial charge on any atom is -0.274 e. The van der Waals surface area contributed by atoms with E-state index in [-0.39, 0.29) is 17.7 Å². The second-order valence-corrected chi connectivity index (χ2v) is 7.48. The van der Waals surface area contributed by atoms with Crippen molar-refractivity contribution in [3.8, 4) is 0 Å². The first-order valence-electron chi connectivity index (χ1n) is 9.64. The van der Waals surface area contributed by atoms with E-state index in [0.717, 1.165) is 44.4 Å². The molecule has 0 aromatic carbocycles. The Labute approximate surface area is 141 Å². The van der Waals surface area contributed by atoms with Crippen molar-refractivity contribution in [1.29, 1.82) is 0 Å². The summed E-state index contributed by atoms with van der Waals surface area (Å²) in [5.74, 6) is 1.45. The van der Waals surface area contributed by atoms with E-state index in [9.17, 15) is 9.59 Å². The molecule has 0 spiro atoms. The fourth-order valence-electron chi connectivity index (χ4n) is 4.38. The van der Waals surface area contributed by atoms with Crippen molar-refractivity contribution in [3.05, 3.63) is 12.8 Å². The summed E-state index contributed by atoms with van der Waals surface area (Å²) in [5.41, 5.74) is 0. The zero-order valence-corrected chi connectivity index (χ0v) is 14.8. The Bertz CT molecular complexity index is 418. The van der Waals surface area contributed by atoms with Crippen molar-refractivity contribution >= 4 is 11.8 Å². The molecule has 3 heteroatoms. The van der Waals surface area contributed by atoms with Gasteiger partial charge >= 0.3 is 0 Å². The molecule has 130 valence electrons. The van der Waals surface area contributed by atoms with Gasteiger partial charge in [0, 0.05) is 18.5 Å². The Kier molecular flexibility index (Phi) is 7.32. The summed E-state index contributed by atoms with van der Waals surface area (Å²) in [5, 5.41) is 0. The molecule has 0 aromatic rings. The van der Waals surface area contributed by atoms with Crippen LogP contribution in [0.2, 0.25) is 0 Å². The van der Waals surface area contributed by atoms with E-state index >= 15 is 0 Å². The quantitative estimate of drug-likeness (QED) is 0.679. The van der Waals surface area contributed by atoms with Crippen molar-refractivity contribution in [2.75, 3.05) is 0 Å². The lowest BCUT2D eigenvalue weighted by atomic mass is 9.75. The Morgan fingerprint density at radius 2 is 1.78 bits per heavy atom. The van der Waals surface area contributed by atoms with Crippen LogP contribution in [0.4, 0.5) is 0 Å². The monoisotopic (exact) mass is 319 g/mol. The highest BCUT2D eigenvalue weighted by molar-refractivity contribution is 5.97. The highest BCUT2D eigenvalue weighted by atomic mass is 16.2. The Balaban J connectivity index is 2.04. The van der Waals surface area contributed by atoms with E-state index in [1.165, 1.54) is 43.2 Å². The van der Waals surface area contributed by atoms with Gasteiger partial charge < -0.3 is 0 Å². The fraction of sp³-hybridized carbons (Fsp3) is 0.800. The van der Waals surface area contributed by atoms with Crippen molar-refractivity contribution in [3.63, 3.8) is 0 Å². The van der Waals surface area contributed by atoms with Gasteiger partial charge in [0.1, 0.15) is 0 Å². The van der Waals surface area contributed by atoms with Gasteiger partial charge in [-0.15, -0.1) is 0 Å². The molecule has 3 unspecified atom stereocenters. The lowest BCUT2D eigenvalue weighted by Gasteiger charge is -2.32. The molecule has 2 amide bonds. The van der Waals surface area contributed by atoms with Crippen molar-refractivity contribution in [2.24, 2.45) is 17.8 Å². The summed E-state index contributed by atoms with van der Waals surface area (Å²) in [4.78, 5) is 26.4. The molecule has 3 atom stereocenters. The Morgan fingerprint density at radius 3 is 2.52 bits per heavy atom. The van der Waals surface area contributed by atoms with Gasteiger partial charge in [0.25, 0.3) is 0 Å². The third kappa shape index (κ3) is 5.19. The second kappa shape index (κ2) is 9.24. The molecule has 2 fully saturated rings. The number of carbonyl (C=O) groups is 2. The van der Waals surface area contributed by atoms with E-state index < -0.39 is 0 Å². The summed E-state index contributed by atoms with van der Waals surface area (Å²) in [7, 11) is 0. The van der Waals surface area contributed by atoms with Crippen LogP contribution in [0.1, 0.15) is 84.0 Å². The molecule has 3 nitrogen and oxygen atoms in total. The van der Waals surface area contributed by atoms with Gasteiger partial charge in [-0.3, -0.25) is 14.5 Å². The molecule has 2 aliphatic rings. The van der Waals surface area contributed by atoms with Crippen LogP contribution in [0.5, 0.6) is 0 Å². The lowest BCUT2D eigenvalue weighted by molar-refractivity contribution is -0.145. The maximum Gasteiger partial charge on any atom is 0.236 e. The molecule has 23 heavy (non-hydrogen) atoms. The van der Waals surface area contributed by atoms with Gasteiger partial charge in [-0.05, 0) is 37.5 Å². The predicted molar refractivity (Wildman–Crippen MR) is 93.6 cm³/mol. The van der Waals surface area contributed by atoms with E-state index in [1.807, 2.05) is 0 Å². The van der Waals surface area contributed by atoms with E-state index in [2.05, 4.69) is 13.5 Å². The molecule has 1 saturated heterocycles. The standard InChI is InChI=1S/C20H33NO2/c1-3-16-10-9-11-17(14-16)15-18-12-7-5-6-8-13-19(22)21(4-2)20(18)23/h4,16-18H,2-3,5-15H2,1H3. The van der Waals surface area contributed by atoms with Gasteiger partial charge in [0.05, 0.1) is 0 Å². The lowest BCUT2D eigenvalue weighted by Crippen LogP contribution is -2.38. The zero-order valence-electron chi connectivity index (χ0n) is 14.8. The maximum atomic E-state index is 12.9. The minimum atomic E-state index is -0.0630. The van der Waals surface area contributed by atoms with E-state index in [4.69, 9.17) is 0 Å². The van der Waals surface area contributed by atoms with Crippen LogP contribution in [0.3, 0.4) is 0 Å². The van der Waals surface area contributed by atoms with Gasteiger partial charge in [0.15, 0.2) is 0 Å². The highest BCUT2D eigenvalue weighted by Crippen LogP contribution is 2.36. The third-order valence-corrected chi connectivity index (χ3v) is 5.82. The fourth-order valence-corrected chi connectivity index (χ4v) is 4.38. The van der Waals surface area contributed by atoms with Crippen molar-refractivity contribution in [1.82, 2.24) is 4.90 Å². The highest BCUT2D eigenvalue weighted by Gasteiger charge is 2.31. The number of imide groups is 1. The van der Waals surface area contributed by atoms with Crippen molar-refractivity contribution < 1.29 is 9.59 Å². The molecule has 1 saturated carbocycles. The van der Waals surface area contributed by atoms with Crippen LogP contribution in [0, 0.1) is 17.8 Å². The van der Waals surface area contributed by atoms with Gasteiger partial charge in [-0.25, -0.2) is 0 Å². The topological polar surface area (TPSA) is 37.4 Å². The van der Waals surface area contributed by atoms with Crippen LogP contribution >= 0.6 is 0 Å². The summed E-state index contributed by atoms with van der Waals surface area (Å²) >= 11 is 0. The maximum absolute atomic E-state index is 12.9. The van der Waals surface area contributed by atoms with E-state index in [0.29, 0.717) is 12.3 Å². The molecule has 1 aliphatic carbocycles. The molecule has 1 aliphatic heterocycles. The average molecular weight is 319 g/mol. The molecule has 2 rings (SSSR count). The third-order valence-electron chi connectivity index (χ3n) is 5.82. The Hall–Kier alpha value is -1.12. The van der Waals surface area contributed by atoms with E-state index in [1.54, 1.807) is 0 Å². The molecule has 1 heterocycles. The minimum absolute atomic E-state index is 0.00511. The molecule has 0 aromatic heterocycles. The predicted octanol–water partition coefficient (Wildman–Crippen LogP) is 5.06. The first-order valence-corrected chi connectivity index (χ1v) is 9.64. The zero-order chi connectivity index (χ0) is 16.7. The average Bonchev–Trinajstić information content (AvgIpc) is 2.57. The molecular weight excluding hydrogens is 286 g/mol. The summed E-state index contributed by atoms with van der Waals surface area (Å²) < 4.78 is 0. The normalized spacial score (nSPS) is 31.0. The molecule has 0 radical (unpaired) electrons. The number of hydrogen-bond acceptors (Lipinski definition) is 2. The first kappa shape index (κ1) is 18.2. The Morgan fingerprint density at radius 1 is 1.04 bits per heavy atom. The van der Waals surface area contributed by atoms with Crippen LogP contribution in [-0.4, -0.2) is 16.7 Å². The molecule has 0 bridgehead atoms. The number of rotatable bonds is 4. The number of hydrogen-bond donors (Lipinski definition) is 0. The van der Waals surface area contributed by atoms with Gasteiger partial charge in [-0.1, -0.05) is 58.4 Å². The second-order valence-electron chi connectivity index (χ2n) is 7.48. The number of carbonyl (C=O) groups excluding carboxylic acids is 2. The largest absolute Gasteiger partial charge is 0.274 e. The van der Waals surface area contributed by atoms with Crippen molar-refractivity contribution in [2.45, 2.75) is 84.0 Å². The SMILES string of the molecule is C=CN1C(=O)CCCCCCC(CC2CCCC(CC)C2)C1=O. The van der Waals surface area contributed by atoms with Crippen LogP contribution in [-0.2, 0) is 9.59 Å². The van der Waals surface area contributed by atoms with Gasteiger partial charge in [-0.2, -0.15) is 0 Å². The van der Waals surface area contributed by atoms with Gasteiger partial charge in [0.2, 0.25) is 11.8 Å². The first-order chi connectivity index (χ1) is 11.2. The number of nitrogens with zero attached hydrogens (tertiary/aromatic N) is 1. The molecule has 0 N–H and O–H groups in total. The number of amides is 2.